The number of allylic oxidation sites excluding steroid dienone is 3. The van der Waals surface area contributed by atoms with Crippen LogP contribution in [-0.2, 0) is 17.3 Å². The Morgan fingerprint density at radius 1 is 1.17 bits per heavy atom. The molecule has 0 aliphatic heterocycles. The minimum atomic E-state index is -4.42. The Kier molecular flexibility index (Phi) is 7.54. The van der Waals surface area contributed by atoms with Gasteiger partial charge in [-0.25, -0.2) is 0 Å². The fourth-order valence-corrected chi connectivity index (χ4v) is 3.05. The first kappa shape index (κ1) is 22.6. The molecular weight excluding hydrogens is 375 g/mol. The zero-order chi connectivity index (χ0) is 21.6. The molecule has 2 rings (SSSR count). The van der Waals surface area contributed by atoms with Crippen LogP contribution in [0.2, 0.25) is 0 Å². The maximum absolute atomic E-state index is 13.3. The summed E-state index contributed by atoms with van der Waals surface area (Å²) in [5.41, 5.74) is 3.63. The van der Waals surface area contributed by atoms with Gasteiger partial charge in [0.2, 0.25) is 0 Å². The van der Waals surface area contributed by atoms with Crippen LogP contribution in [-0.4, -0.2) is 0 Å². The van der Waals surface area contributed by atoms with Crippen LogP contribution in [0.15, 0.2) is 66.1 Å². The molecule has 1 unspecified atom stereocenters. The average molecular weight is 403 g/mol. The summed E-state index contributed by atoms with van der Waals surface area (Å²) in [5, 5.41) is 3.36. The molecule has 0 saturated heterocycles. The van der Waals surface area contributed by atoms with Crippen molar-refractivity contribution < 1.29 is 17.9 Å². The molecule has 0 bridgehead atoms. The summed E-state index contributed by atoms with van der Waals surface area (Å²) in [5.74, 6) is 0.503. The van der Waals surface area contributed by atoms with Crippen LogP contribution in [0.5, 0.6) is 0 Å². The maximum Gasteiger partial charge on any atom is 0.416 e. The highest BCUT2D eigenvalue weighted by Gasteiger charge is 2.34. The Morgan fingerprint density at radius 2 is 1.86 bits per heavy atom. The van der Waals surface area contributed by atoms with Crippen molar-refractivity contribution in [2.24, 2.45) is 0 Å². The van der Waals surface area contributed by atoms with Gasteiger partial charge in [-0.1, -0.05) is 37.3 Å². The van der Waals surface area contributed by atoms with Gasteiger partial charge in [0.05, 0.1) is 5.56 Å². The lowest BCUT2D eigenvalue weighted by atomic mass is 10.0. The van der Waals surface area contributed by atoms with E-state index in [1.165, 1.54) is 17.7 Å². The molecule has 2 aromatic rings. The Balaban J connectivity index is 2.19. The van der Waals surface area contributed by atoms with E-state index >= 15 is 0 Å². The predicted octanol–water partition coefficient (Wildman–Crippen LogP) is 7.57. The van der Waals surface area contributed by atoms with Crippen molar-refractivity contribution in [2.45, 2.75) is 53.3 Å². The molecule has 0 spiro atoms. The standard InChI is InChI=1S/C24H28F3NO/c1-6-19-13-12-16(3)23(15-19)28-17(4)14-20(7-2)29-18(5)21-10-8-9-11-22(21)24(25,26)27/h7-15,18,28H,6H2,1-5H3/b17-14+,20-7-. The van der Waals surface area contributed by atoms with Crippen LogP contribution >= 0.6 is 0 Å². The normalized spacial score (nSPS) is 13.9. The van der Waals surface area contributed by atoms with E-state index in [-0.39, 0.29) is 5.56 Å². The van der Waals surface area contributed by atoms with Crippen molar-refractivity contribution in [1.29, 1.82) is 0 Å². The van der Waals surface area contributed by atoms with E-state index in [4.69, 9.17) is 4.74 Å². The first-order chi connectivity index (χ1) is 13.7. The number of nitrogens with one attached hydrogen (secondary N) is 1. The monoisotopic (exact) mass is 403 g/mol. The van der Waals surface area contributed by atoms with Crippen molar-refractivity contribution in [3.8, 4) is 0 Å². The summed E-state index contributed by atoms with van der Waals surface area (Å²) in [6, 6.07) is 11.8. The van der Waals surface area contributed by atoms with Crippen molar-refractivity contribution in [3.05, 3.63) is 88.3 Å². The second-order valence-electron chi connectivity index (χ2n) is 6.99. The van der Waals surface area contributed by atoms with Crippen molar-refractivity contribution in [1.82, 2.24) is 0 Å². The van der Waals surface area contributed by atoms with Gasteiger partial charge in [0.25, 0.3) is 0 Å². The first-order valence-corrected chi connectivity index (χ1v) is 9.69. The van der Waals surface area contributed by atoms with Gasteiger partial charge in [0, 0.05) is 16.9 Å². The third-order valence-corrected chi connectivity index (χ3v) is 4.70. The number of hydrogen-bond donors (Lipinski definition) is 1. The molecule has 0 saturated carbocycles. The van der Waals surface area contributed by atoms with E-state index in [2.05, 4.69) is 30.4 Å². The number of anilines is 1. The van der Waals surface area contributed by atoms with Gasteiger partial charge in [-0.15, -0.1) is 0 Å². The molecule has 0 aliphatic rings. The average Bonchev–Trinajstić information content (AvgIpc) is 2.68. The number of ether oxygens (including phenoxy) is 1. The van der Waals surface area contributed by atoms with Crippen LogP contribution in [0.1, 0.15) is 56.1 Å². The number of benzene rings is 2. The summed E-state index contributed by atoms with van der Waals surface area (Å²) in [6.07, 6.45) is -0.678. The number of rotatable bonds is 7. The minimum absolute atomic E-state index is 0.116. The van der Waals surface area contributed by atoms with Gasteiger partial charge in [0.1, 0.15) is 11.9 Å². The minimum Gasteiger partial charge on any atom is -0.486 e. The largest absolute Gasteiger partial charge is 0.486 e. The van der Waals surface area contributed by atoms with Crippen LogP contribution in [0.3, 0.4) is 0 Å². The van der Waals surface area contributed by atoms with E-state index in [0.29, 0.717) is 5.76 Å². The topological polar surface area (TPSA) is 21.3 Å². The lowest BCUT2D eigenvalue weighted by Crippen LogP contribution is -2.12. The SMILES string of the molecule is C/C=C(/C=C(\C)Nc1cc(CC)ccc1C)OC(C)c1ccccc1C(F)(F)F. The maximum atomic E-state index is 13.3. The van der Waals surface area contributed by atoms with Gasteiger partial charge < -0.3 is 10.1 Å². The predicted molar refractivity (Wildman–Crippen MR) is 113 cm³/mol. The van der Waals surface area contributed by atoms with Gasteiger partial charge in [-0.3, -0.25) is 0 Å². The molecular formula is C24H28F3NO. The molecule has 1 atom stereocenters. The number of halogens is 3. The molecule has 0 amide bonds. The first-order valence-electron chi connectivity index (χ1n) is 9.69. The lowest BCUT2D eigenvalue weighted by Gasteiger charge is -2.21. The fourth-order valence-electron chi connectivity index (χ4n) is 3.05. The molecule has 0 heterocycles. The highest BCUT2D eigenvalue weighted by molar-refractivity contribution is 5.56. The van der Waals surface area contributed by atoms with Crippen molar-refractivity contribution >= 4 is 5.69 Å². The Labute approximate surface area is 171 Å². The Morgan fingerprint density at radius 3 is 2.48 bits per heavy atom. The molecule has 156 valence electrons. The number of aryl methyl sites for hydroxylation is 2. The molecule has 5 heteroatoms. The number of hydrogen-bond acceptors (Lipinski definition) is 2. The summed E-state index contributed by atoms with van der Waals surface area (Å²) >= 11 is 0. The van der Waals surface area contributed by atoms with E-state index in [1.807, 2.05) is 13.8 Å². The molecule has 0 aliphatic carbocycles. The van der Waals surface area contributed by atoms with Crippen molar-refractivity contribution in [3.63, 3.8) is 0 Å². The summed E-state index contributed by atoms with van der Waals surface area (Å²) in [6.45, 7) is 9.45. The lowest BCUT2D eigenvalue weighted by molar-refractivity contribution is -0.139. The van der Waals surface area contributed by atoms with Gasteiger partial charge in [-0.05, 0) is 69.5 Å². The second kappa shape index (κ2) is 9.68. The Hall–Kier alpha value is -2.69. The van der Waals surface area contributed by atoms with Crippen LogP contribution in [0.25, 0.3) is 0 Å². The quantitative estimate of drug-likeness (QED) is 0.380. The van der Waals surface area contributed by atoms with Gasteiger partial charge >= 0.3 is 6.18 Å². The van der Waals surface area contributed by atoms with E-state index in [0.717, 1.165) is 29.4 Å². The highest BCUT2D eigenvalue weighted by Crippen LogP contribution is 2.36. The zero-order valence-electron chi connectivity index (χ0n) is 17.5. The summed E-state index contributed by atoms with van der Waals surface area (Å²) < 4.78 is 45.7. The Bertz CT molecular complexity index is 897. The van der Waals surface area contributed by atoms with Crippen LogP contribution in [0, 0.1) is 6.92 Å². The molecule has 1 N–H and O–H groups in total. The van der Waals surface area contributed by atoms with Crippen LogP contribution < -0.4 is 5.32 Å². The molecule has 0 aromatic heterocycles. The molecule has 29 heavy (non-hydrogen) atoms. The third-order valence-electron chi connectivity index (χ3n) is 4.70. The molecule has 2 nitrogen and oxygen atoms in total. The molecule has 0 radical (unpaired) electrons. The van der Waals surface area contributed by atoms with E-state index in [1.54, 1.807) is 32.1 Å². The second-order valence-corrected chi connectivity index (χ2v) is 6.99. The zero-order valence-corrected chi connectivity index (χ0v) is 17.5. The van der Waals surface area contributed by atoms with Crippen molar-refractivity contribution in [2.75, 3.05) is 5.32 Å². The molecule has 2 aromatic carbocycles. The fraction of sp³-hybridized carbons (Fsp3) is 0.333. The third kappa shape index (κ3) is 6.14. The molecule has 0 fully saturated rings. The van der Waals surface area contributed by atoms with E-state index in [9.17, 15) is 13.2 Å². The van der Waals surface area contributed by atoms with E-state index < -0.39 is 17.8 Å². The summed E-state index contributed by atoms with van der Waals surface area (Å²) in [7, 11) is 0. The highest BCUT2D eigenvalue weighted by atomic mass is 19.4. The van der Waals surface area contributed by atoms with Gasteiger partial charge in [0.15, 0.2) is 0 Å². The van der Waals surface area contributed by atoms with Gasteiger partial charge in [-0.2, -0.15) is 13.2 Å². The summed E-state index contributed by atoms with van der Waals surface area (Å²) in [4.78, 5) is 0. The number of alkyl halides is 3. The van der Waals surface area contributed by atoms with Crippen LogP contribution in [0.4, 0.5) is 18.9 Å². The smallest absolute Gasteiger partial charge is 0.416 e.